The Labute approximate surface area is 141 Å². The van der Waals surface area contributed by atoms with E-state index >= 15 is 0 Å². The molecule has 0 spiro atoms. The van der Waals surface area contributed by atoms with Crippen LogP contribution >= 0.6 is 27.7 Å². The maximum absolute atomic E-state index is 5.72. The summed E-state index contributed by atoms with van der Waals surface area (Å²) in [5.74, 6) is 2.57. The topological polar surface area (TPSA) is 48.2 Å². The summed E-state index contributed by atoms with van der Waals surface area (Å²) in [4.78, 5) is 1.10. The van der Waals surface area contributed by atoms with Crippen LogP contribution in [0.4, 0.5) is 0 Å². The van der Waals surface area contributed by atoms with Gasteiger partial charge in [-0.05, 0) is 46.3 Å². The highest BCUT2D eigenvalue weighted by atomic mass is 79.9. The molecule has 0 aliphatic carbocycles. The Kier molecular flexibility index (Phi) is 4.80. The molecule has 0 bridgehead atoms. The van der Waals surface area contributed by atoms with Crippen LogP contribution in [0.25, 0.3) is 11.5 Å². The van der Waals surface area contributed by atoms with E-state index in [0.29, 0.717) is 17.5 Å². The van der Waals surface area contributed by atoms with Gasteiger partial charge in [-0.2, -0.15) is 0 Å². The molecular weight excluding hydrogens is 364 g/mol. The molecule has 1 aromatic heterocycles. The van der Waals surface area contributed by atoms with E-state index in [-0.39, 0.29) is 0 Å². The van der Waals surface area contributed by atoms with Gasteiger partial charge in [-0.3, -0.25) is 0 Å². The Morgan fingerprint density at radius 2 is 2.00 bits per heavy atom. The van der Waals surface area contributed by atoms with E-state index in [0.717, 1.165) is 20.7 Å². The van der Waals surface area contributed by atoms with Gasteiger partial charge in [0, 0.05) is 9.37 Å². The fourth-order valence-corrected chi connectivity index (χ4v) is 3.13. The van der Waals surface area contributed by atoms with Gasteiger partial charge in [0.2, 0.25) is 11.8 Å². The van der Waals surface area contributed by atoms with Crippen molar-refractivity contribution in [3.05, 3.63) is 58.9 Å². The van der Waals surface area contributed by atoms with Gasteiger partial charge < -0.3 is 9.15 Å². The van der Waals surface area contributed by atoms with Crippen LogP contribution in [0.2, 0.25) is 0 Å². The minimum absolute atomic E-state index is 0.522. The largest absolute Gasteiger partial charge is 0.497 e. The van der Waals surface area contributed by atoms with Crippen LogP contribution in [0.1, 0.15) is 5.89 Å². The zero-order valence-corrected chi connectivity index (χ0v) is 14.2. The maximum atomic E-state index is 5.72. The van der Waals surface area contributed by atoms with E-state index in [1.54, 1.807) is 18.9 Å². The van der Waals surface area contributed by atoms with Gasteiger partial charge in [-0.1, -0.05) is 18.2 Å². The van der Waals surface area contributed by atoms with E-state index in [2.05, 4.69) is 26.1 Å². The second-order valence-electron chi connectivity index (χ2n) is 4.45. The third-order valence-corrected chi connectivity index (χ3v) is 4.64. The highest BCUT2D eigenvalue weighted by molar-refractivity contribution is 9.10. The number of aromatic nitrogens is 2. The van der Waals surface area contributed by atoms with Gasteiger partial charge in [0.15, 0.2) is 0 Å². The second-order valence-corrected chi connectivity index (χ2v) is 6.35. The number of hydrogen-bond donors (Lipinski definition) is 0. The number of halogens is 1. The molecule has 4 nitrogen and oxygen atoms in total. The summed E-state index contributed by atoms with van der Waals surface area (Å²) in [5, 5.41) is 8.21. The minimum Gasteiger partial charge on any atom is -0.497 e. The van der Waals surface area contributed by atoms with Crippen LogP contribution in [-0.4, -0.2) is 17.3 Å². The van der Waals surface area contributed by atoms with Crippen LogP contribution in [0, 0.1) is 0 Å². The highest BCUT2D eigenvalue weighted by Crippen LogP contribution is 2.29. The van der Waals surface area contributed by atoms with Gasteiger partial charge in [0.1, 0.15) is 5.75 Å². The van der Waals surface area contributed by atoms with Crippen molar-refractivity contribution < 1.29 is 9.15 Å². The number of methoxy groups -OCH3 is 1. The number of rotatable bonds is 5. The van der Waals surface area contributed by atoms with Gasteiger partial charge >= 0.3 is 0 Å². The summed E-state index contributed by atoms with van der Waals surface area (Å²) in [7, 11) is 1.66. The van der Waals surface area contributed by atoms with E-state index in [1.165, 1.54) is 0 Å². The van der Waals surface area contributed by atoms with Crippen molar-refractivity contribution in [2.24, 2.45) is 0 Å². The van der Waals surface area contributed by atoms with Crippen LogP contribution in [-0.2, 0) is 5.75 Å². The van der Waals surface area contributed by atoms with Crippen LogP contribution in [0.5, 0.6) is 5.75 Å². The van der Waals surface area contributed by atoms with Crippen LogP contribution < -0.4 is 4.74 Å². The average molecular weight is 377 g/mol. The Morgan fingerprint density at radius 1 is 1.14 bits per heavy atom. The van der Waals surface area contributed by atoms with Gasteiger partial charge in [-0.25, -0.2) is 0 Å². The van der Waals surface area contributed by atoms with Crippen molar-refractivity contribution in [3.8, 4) is 17.2 Å². The molecule has 112 valence electrons. The highest BCUT2D eigenvalue weighted by Gasteiger charge is 2.11. The molecule has 2 aromatic carbocycles. The van der Waals surface area contributed by atoms with E-state index in [1.807, 2.05) is 48.5 Å². The van der Waals surface area contributed by atoms with E-state index in [9.17, 15) is 0 Å². The van der Waals surface area contributed by atoms with Crippen molar-refractivity contribution >= 4 is 27.7 Å². The number of hydrogen-bond acceptors (Lipinski definition) is 5. The quantitative estimate of drug-likeness (QED) is 0.598. The number of ether oxygens (including phenoxy) is 1. The SMILES string of the molecule is COc1cccc(SCc2nnc(-c3ccccc3Br)o2)c1. The molecule has 0 unspecified atom stereocenters. The predicted molar refractivity (Wildman–Crippen MR) is 90.0 cm³/mol. The average Bonchev–Trinajstić information content (AvgIpc) is 3.02. The normalized spacial score (nSPS) is 10.6. The first kappa shape index (κ1) is 15.1. The zero-order valence-electron chi connectivity index (χ0n) is 11.8. The van der Waals surface area contributed by atoms with Gasteiger partial charge in [-0.15, -0.1) is 22.0 Å². The third kappa shape index (κ3) is 3.51. The molecule has 0 aliphatic heterocycles. The molecule has 3 rings (SSSR count). The first-order chi connectivity index (χ1) is 10.8. The lowest BCUT2D eigenvalue weighted by Crippen LogP contribution is -1.83. The maximum Gasteiger partial charge on any atom is 0.248 e. The molecule has 0 N–H and O–H groups in total. The van der Waals surface area contributed by atoms with Crippen molar-refractivity contribution in [3.63, 3.8) is 0 Å². The first-order valence-electron chi connectivity index (χ1n) is 6.60. The summed E-state index contributed by atoms with van der Waals surface area (Å²) in [5.41, 5.74) is 0.896. The second kappa shape index (κ2) is 6.98. The van der Waals surface area contributed by atoms with E-state index in [4.69, 9.17) is 9.15 Å². The third-order valence-electron chi connectivity index (χ3n) is 2.97. The molecule has 0 saturated carbocycles. The smallest absolute Gasteiger partial charge is 0.248 e. The fourth-order valence-electron chi connectivity index (χ4n) is 1.89. The Bertz CT molecular complexity index is 776. The summed E-state index contributed by atoms with van der Waals surface area (Å²) in [6.45, 7) is 0. The lowest BCUT2D eigenvalue weighted by molar-refractivity contribution is 0.413. The summed E-state index contributed by atoms with van der Waals surface area (Å²) in [6.07, 6.45) is 0. The Hall–Kier alpha value is -1.79. The predicted octanol–water partition coefficient (Wildman–Crippen LogP) is 4.80. The number of nitrogens with zero attached hydrogens (tertiary/aromatic N) is 2. The number of thioether (sulfide) groups is 1. The molecule has 3 aromatic rings. The molecule has 22 heavy (non-hydrogen) atoms. The lowest BCUT2D eigenvalue weighted by atomic mass is 10.2. The fraction of sp³-hybridized carbons (Fsp3) is 0.125. The monoisotopic (exact) mass is 376 g/mol. The molecule has 0 aliphatic rings. The van der Waals surface area contributed by atoms with Crippen molar-refractivity contribution in [2.75, 3.05) is 7.11 Å². The standard InChI is InChI=1S/C16H13BrN2O2S/c1-20-11-5-4-6-12(9-11)22-10-15-18-19-16(21-15)13-7-2-3-8-14(13)17/h2-9H,10H2,1H3. The summed E-state index contributed by atoms with van der Waals surface area (Å²) >= 11 is 5.11. The molecule has 0 radical (unpaired) electrons. The minimum atomic E-state index is 0.522. The van der Waals surface area contributed by atoms with Crippen LogP contribution in [0.15, 0.2) is 62.3 Å². The van der Waals surface area contributed by atoms with Gasteiger partial charge in [0.05, 0.1) is 18.4 Å². The molecule has 0 atom stereocenters. The molecule has 6 heteroatoms. The number of benzene rings is 2. The first-order valence-corrected chi connectivity index (χ1v) is 8.38. The summed E-state index contributed by atoms with van der Waals surface area (Å²) in [6, 6.07) is 15.7. The molecule has 0 amide bonds. The Morgan fingerprint density at radius 3 is 2.82 bits per heavy atom. The van der Waals surface area contributed by atoms with Crippen molar-refractivity contribution in [2.45, 2.75) is 10.6 Å². The van der Waals surface area contributed by atoms with Crippen molar-refractivity contribution in [1.82, 2.24) is 10.2 Å². The van der Waals surface area contributed by atoms with Gasteiger partial charge in [0.25, 0.3) is 0 Å². The molecular formula is C16H13BrN2O2S. The molecule has 0 saturated heterocycles. The van der Waals surface area contributed by atoms with Crippen LogP contribution in [0.3, 0.4) is 0 Å². The van der Waals surface area contributed by atoms with Crippen molar-refractivity contribution in [1.29, 1.82) is 0 Å². The lowest BCUT2D eigenvalue weighted by Gasteiger charge is -2.02. The Balaban J connectivity index is 1.71. The molecule has 0 fully saturated rings. The van der Waals surface area contributed by atoms with E-state index < -0.39 is 0 Å². The zero-order chi connectivity index (χ0) is 15.4. The molecule has 1 heterocycles. The summed E-state index contributed by atoms with van der Waals surface area (Å²) < 4.78 is 11.9.